The number of fused-ring (bicyclic) bond motifs is 3. The van der Waals surface area contributed by atoms with E-state index in [2.05, 4.69) is 9.97 Å². The molecule has 0 bridgehead atoms. The number of rotatable bonds is 6. The van der Waals surface area contributed by atoms with E-state index in [0.29, 0.717) is 16.0 Å². The molecule has 0 saturated heterocycles. The summed E-state index contributed by atoms with van der Waals surface area (Å²) in [6.45, 7) is 3.73. The van der Waals surface area contributed by atoms with Crippen LogP contribution in [0.5, 0.6) is 5.75 Å². The number of aryl methyl sites for hydroxylation is 2. The molecule has 7 nitrogen and oxygen atoms in total. The van der Waals surface area contributed by atoms with Crippen molar-refractivity contribution >= 4 is 37.7 Å². The summed E-state index contributed by atoms with van der Waals surface area (Å²) in [5.74, 6) is -0.459. The topological polar surface area (TPSA) is 83.3 Å². The minimum Gasteiger partial charge on any atom is -0.490 e. The number of hydrogen-bond donors (Lipinski definition) is 0. The molecular weight excluding hydrogens is 409 g/mol. The van der Waals surface area contributed by atoms with Crippen LogP contribution in [0.15, 0.2) is 41.5 Å². The van der Waals surface area contributed by atoms with Crippen molar-refractivity contribution < 1.29 is 18.7 Å². The summed E-state index contributed by atoms with van der Waals surface area (Å²) in [6, 6.07) is 7.49. The maximum Gasteiger partial charge on any atom is 0.326 e. The van der Waals surface area contributed by atoms with Crippen molar-refractivity contribution in [3.05, 3.63) is 64.1 Å². The molecule has 0 spiro atoms. The van der Waals surface area contributed by atoms with Crippen LogP contribution in [-0.2, 0) is 16.1 Å². The Kier molecular flexibility index (Phi) is 5.45. The first-order chi connectivity index (χ1) is 14.4. The molecule has 0 aliphatic heterocycles. The van der Waals surface area contributed by atoms with Crippen LogP contribution in [0.1, 0.15) is 11.3 Å². The second kappa shape index (κ2) is 8.19. The van der Waals surface area contributed by atoms with E-state index in [0.717, 1.165) is 21.5 Å². The number of ether oxygens (including phenoxy) is 2. The van der Waals surface area contributed by atoms with E-state index in [9.17, 15) is 14.0 Å². The van der Waals surface area contributed by atoms with Crippen molar-refractivity contribution in [3.8, 4) is 5.75 Å². The second-order valence-electron chi connectivity index (χ2n) is 6.74. The second-order valence-corrected chi connectivity index (χ2v) is 7.74. The number of thiophene rings is 1. The third kappa shape index (κ3) is 4.02. The number of hydrogen-bond acceptors (Lipinski definition) is 7. The highest BCUT2D eigenvalue weighted by Gasteiger charge is 2.16. The molecule has 0 N–H and O–H groups in total. The van der Waals surface area contributed by atoms with E-state index in [1.807, 2.05) is 19.9 Å². The summed E-state index contributed by atoms with van der Waals surface area (Å²) in [5, 5.41) is 0.866. The third-order valence-corrected chi connectivity index (χ3v) is 5.53. The molecule has 0 atom stereocenters. The smallest absolute Gasteiger partial charge is 0.326 e. The molecule has 154 valence electrons. The molecule has 4 aromatic rings. The molecule has 0 radical (unpaired) electrons. The maximum absolute atomic E-state index is 12.9. The molecule has 0 saturated carbocycles. The summed E-state index contributed by atoms with van der Waals surface area (Å²) < 4.78 is 25.0. The molecule has 0 amide bonds. The largest absolute Gasteiger partial charge is 0.490 e. The number of benzene rings is 1. The first-order valence-corrected chi connectivity index (χ1v) is 10.0. The Balaban J connectivity index is 1.43. The lowest BCUT2D eigenvalue weighted by atomic mass is 10.1. The molecule has 9 heteroatoms. The Bertz CT molecular complexity index is 1300. The quantitative estimate of drug-likeness (QED) is 0.347. The van der Waals surface area contributed by atoms with Crippen molar-refractivity contribution in [2.75, 3.05) is 13.2 Å². The monoisotopic (exact) mass is 427 g/mol. The molecular formula is C21H18FN3O4S. The fourth-order valence-electron chi connectivity index (χ4n) is 3.14. The zero-order valence-electron chi connectivity index (χ0n) is 16.3. The van der Waals surface area contributed by atoms with Gasteiger partial charge >= 0.3 is 5.97 Å². The molecule has 0 aliphatic rings. The van der Waals surface area contributed by atoms with E-state index in [1.165, 1.54) is 46.5 Å². The molecule has 3 aromatic heterocycles. The maximum atomic E-state index is 12.9. The van der Waals surface area contributed by atoms with E-state index in [4.69, 9.17) is 9.47 Å². The molecule has 0 fully saturated rings. The molecule has 30 heavy (non-hydrogen) atoms. The van der Waals surface area contributed by atoms with Gasteiger partial charge < -0.3 is 9.47 Å². The molecule has 1 aromatic carbocycles. The number of nitrogens with zero attached hydrogens (tertiary/aromatic N) is 3. The third-order valence-electron chi connectivity index (χ3n) is 4.47. The first-order valence-electron chi connectivity index (χ1n) is 9.22. The fraction of sp³-hybridized carbons (Fsp3) is 0.238. The molecule has 0 unspecified atom stereocenters. The van der Waals surface area contributed by atoms with Crippen LogP contribution in [0.3, 0.4) is 0 Å². The van der Waals surface area contributed by atoms with E-state index >= 15 is 0 Å². The number of aromatic nitrogens is 3. The lowest BCUT2D eigenvalue weighted by Gasteiger charge is -2.08. The van der Waals surface area contributed by atoms with Crippen LogP contribution >= 0.6 is 11.3 Å². The van der Waals surface area contributed by atoms with E-state index < -0.39 is 5.97 Å². The van der Waals surface area contributed by atoms with Crippen LogP contribution in [0, 0.1) is 19.7 Å². The van der Waals surface area contributed by atoms with Gasteiger partial charge in [0.2, 0.25) is 0 Å². The highest BCUT2D eigenvalue weighted by molar-refractivity contribution is 7.25. The average Bonchev–Trinajstić information content (AvgIpc) is 3.08. The van der Waals surface area contributed by atoms with Gasteiger partial charge in [-0.15, -0.1) is 11.3 Å². The lowest BCUT2D eigenvalue weighted by molar-refractivity contribution is -0.145. The normalized spacial score (nSPS) is 11.2. The van der Waals surface area contributed by atoms with Gasteiger partial charge in [-0.2, -0.15) is 0 Å². The number of pyridine rings is 1. The van der Waals surface area contributed by atoms with Gasteiger partial charge in [0.15, 0.2) is 0 Å². The summed E-state index contributed by atoms with van der Waals surface area (Å²) in [5.41, 5.74) is 2.18. The standard InChI is InChI=1S/C21H18FN3O4S/c1-12-9-13(2)24-20-17(12)18-19(30-20)21(27)25(11-23-18)10-16(26)29-8-7-28-15-5-3-14(22)4-6-15/h3-6,9,11H,7-8,10H2,1-2H3. The van der Waals surface area contributed by atoms with E-state index in [-0.39, 0.29) is 31.1 Å². The number of carbonyl (C=O) groups excluding carboxylic acids is 1. The van der Waals surface area contributed by atoms with Crippen molar-refractivity contribution in [3.63, 3.8) is 0 Å². The SMILES string of the molecule is Cc1cc(C)c2c(n1)sc1c(=O)n(CC(=O)OCCOc3ccc(F)cc3)cnc12. The highest BCUT2D eigenvalue weighted by Crippen LogP contribution is 2.31. The zero-order valence-corrected chi connectivity index (χ0v) is 17.2. The summed E-state index contributed by atoms with van der Waals surface area (Å²) >= 11 is 1.27. The minimum atomic E-state index is -0.577. The van der Waals surface area contributed by atoms with Crippen molar-refractivity contribution in [1.82, 2.24) is 14.5 Å². The van der Waals surface area contributed by atoms with Gasteiger partial charge in [0.1, 0.15) is 40.9 Å². The highest BCUT2D eigenvalue weighted by atomic mass is 32.1. The Morgan fingerprint density at radius 2 is 1.97 bits per heavy atom. The Hall–Kier alpha value is -3.33. The van der Waals surface area contributed by atoms with Gasteiger partial charge in [-0.25, -0.2) is 14.4 Å². The van der Waals surface area contributed by atoms with Gasteiger partial charge in [-0.1, -0.05) is 0 Å². The number of carbonyl (C=O) groups is 1. The van der Waals surface area contributed by atoms with Gasteiger partial charge in [0.05, 0.1) is 11.8 Å². The Morgan fingerprint density at radius 1 is 1.20 bits per heavy atom. The fourth-order valence-corrected chi connectivity index (χ4v) is 4.34. The van der Waals surface area contributed by atoms with Gasteiger partial charge in [-0.05, 0) is 49.7 Å². The summed E-state index contributed by atoms with van der Waals surface area (Å²) in [7, 11) is 0. The van der Waals surface area contributed by atoms with Crippen LogP contribution in [0.4, 0.5) is 4.39 Å². The predicted molar refractivity (Wildman–Crippen MR) is 112 cm³/mol. The van der Waals surface area contributed by atoms with Crippen LogP contribution in [-0.4, -0.2) is 33.7 Å². The van der Waals surface area contributed by atoms with Gasteiger partial charge in [0, 0.05) is 11.1 Å². The van der Waals surface area contributed by atoms with Crippen molar-refractivity contribution in [1.29, 1.82) is 0 Å². The summed E-state index contributed by atoms with van der Waals surface area (Å²) in [4.78, 5) is 34.5. The van der Waals surface area contributed by atoms with Crippen molar-refractivity contribution in [2.45, 2.75) is 20.4 Å². The molecule has 0 aliphatic carbocycles. The van der Waals surface area contributed by atoms with Crippen LogP contribution in [0.25, 0.3) is 20.4 Å². The molecule has 4 rings (SSSR count). The number of esters is 1. The number of halogens is 1. The van der Waals surface area contributed by atoms with Crippen molar-refractivity contribution in [2.24, 2.45) is 0 Å². The predicted octanol–water partition coefficient (Wildman–Crippen LogP) is 3.38. The summed E-state index contributed by atoms with van der Waals surface area (Å²) in [6.07, 6.45) is 1.35. The average molecular weight is 427 g/mol. The van der Waals surface area contributed by atoms with Gasteiger partial charge in [-0.3, -0.25) is 14.2 Å². The lowest BCUT2D eigenvalue weighted by Crippen LogP contribution is -2.26. The van der Waals surface area contributed by atoms with Crippen LogP contribution in [0.2, 0.25) is 0 Å². The van der Waals surface area contributed by atoms with Gasteiger partial charge in [0.25, 0.3) is 5.56 Å². The Morgan fingerprint density at radius 3 is 2.73 bits per heavy atom. The first kappa shape index (κ1) is 20.0. The Labute approximate surface area is 174 Å². The van der Waals surface area contributed by atoms with Crippen LogP contribution < -0.4 is 10.3 Å². The minimum absolute atomic E-state index is 0.00587. The molecule has 3 heterocycles. The zero-order chi connectivity index (χ0) is 21.3. The van der Waals surface area contributed by atoms with E-state index in [1.54, 1.807) is 0 Å².